The fraction of sp³-hybridized carbons (Fsp3) is 0.417. The molecule has 0 saturated heterocycles. The molecule has 17 heavy (non-hydrogen) atoms. The highest BCUT2D eigenvalue weighted by molar-refractivity contribution is 7.98. The molecule has 2 N–H and O–H groups in total. The summed E-state index contributed by atoms with van der Waals surface area (Å²) in [7, 11) is 0. The monoisotopic (exact) mass is 269 g/mol. The van der Waals surface area contributed by atoms with Crippen LogP contribution < -0.4 is 5.73 Å². The maximum atomic E-state index is 6.01. The van der Waals surface area contributed by atoms with E-state index in [0.717, 1.165) is 28.4 Å². The minimum Gasteiger partial charge on any atom is -0.369 e. The number of nitrogens with two attached hydrogens (primary N) is 1. The molecule has 2 rings (SSSR count). The van der Waals surface area contributed by atoms with Crippen LogP contribution in [0.5, 0.6) is 0 Å². The van der Waals surface area contributed by atoms with Gasteiger partial charge in [0.1, 0.15) is 0 Å². The van der Waals surface area contributed by atoms with Gasteiger partial charge in [-0.05, 0) is 36.1 Å². The average Bonchev–Trinajstić information content (AvgIpc) is 2.56. The van der Waals surface area contributed by atoms with Crippen molar-refractivity contribution < 1.29 is 0 Å². The molecule has 0 amide bonds. The number of nitrogen functional groups attached to an aromatic ring is 1. The second-order valence-corrected chi connectivity index (χ2v) is 5.62. The van der Waals surface area contributed by atoms with Gasteiger partial charge < -0.3 is 10.3 Å². The second-order valence-electron chi connectivity index (χ2n) is 4.27. The van der Waals surface area contributed by atoms with Crippen LogP contribution in [0, 0.1) is 5.92 Å². The normalized spacial score (nSPS) is 13.1. The van der Waals surface area contributed by atoms with E-state index in [2.05, 4.69) is 18.2 Å². The fourth-order valence-corrected chi connectivity index (χ4v) is 2.80. The molecular formula is C12H16ClN3S. The van der Waals surface area contributed by atoms with Crippen LogP contribution in [0.2, 0.25) is 5.02 Å². The lowest BCUT2D eigenvalue weighted by atomic mass is 10.2. The summed E-state index contributed by atoms with van der Waals surface area (Å²) in [6.45, 7) is 3.09. The summed E-state index contributed by atoms with van der Waals surface area (Å²) >= 11 is 7.86. The van der Waals surface area contributed by atoms with Gasteiger partial charge in [-0.2, -0.15) is 11.8 Å². The van der Waals surface area contributed by atoms with Crippen LogP contribution >= 0.6 is 23.4 Å². The number of hydrogen-bond acceptors (Lipinski definition) is 3. The van der Waals surface area contributed by atoms with E-state index in [4.69, 9.17) is 17.3 Å². The molecule has 3 nitrogen and oxygen atoms in total. The van der Waals surface area contributed by atoms with E-state index in [1.165, 1.54) is 0 Å². The molecule has 1 atom stereocenters. The van der Waals surface area contributed by atoms with Crippen LogP contribution in [0.15, 0.2) is 18.2 Å². The Kier molecular flexibility index (Phi) is 3.84. The Labute approximate surface area is 110 Å². The molecular weight excluding hydrogens is 254 g/mol. The number of nitrogens with zero attached hydrogens (tertiary/aromatic N) is 2. The van der Waals surface area contributed by atoms with Gasteiger partial charge in [-0.1, -0.05) is 18.5 Å². The summed E-state index contributed by atoms with van der Waals surface area (Å²) in [6.07, 6.45) is 2.11. The predicted molar refractivity (Wildman–Crippen MR) is 76.7 cm³/mol. The van der Waals surface area contributed by atoms with Crippen LogP contribution in [-0.4, -0.2) is 21.6 Å². The highest BCUT2D eigenvalue weighted by atomic mass is 35.5. The van der Waals surface area contributed by atoms with E-state index in [1.54, 1.807) is 0 Å². The molecule has 1 aromatic carbocycles. The van der Waals surface area contributed by atoms with Crippen LogP contribution in [0.4, 0.5) is 5.95 Å². The molecule has 0 aliphatic rings. The standard InChI is InChI=1S/C12H16ClN3S/c1-8(7-17-2)6-16-11-5-9(13)3-4-10(11)15-12(16)14/h3-5,8H,6-7H2,1-2H3,(H2,14,15). The predicted octanol–water partition coefficient (Wildman–Crippen LogP) is 3.27. The van der Waals surface area contributed by atoms with Gasteiger partial charge in [-0.25, -0.2) is 4.98 Å². The van der Waals surface area contributed by atoms with Crippen molar-refractivity contribution in [1.29, 1.82) is 0 Å². The van der Waals surface area contributed by atoms with Gasteiger partial charge in [0.25, 0.3) is 0 Å². The van der Waals surface area contributed by atoms with Gasteiger partial charge in [0, 0.05) is 11.6 Å². The number of thioether (sulfide) groups is 1. The molecule has 0 fully saturated rings. The Bertz CT molecular complexity index is 524. The average molecular weight is 270 g/mol. The lowest BCUT2D eigenvalue weighted by Crippen LogP contribution is -2.12. The first-order valence-corrected chi connectivity index (χ1v) is 7.29. The van der Waals surface area contributed by atoms with E-state index in [9.17, 15) is 0 Å². The van der Waals surface area contributed by atoms with Gasteiger partial charge in [0.2, 0.25) is 5.95 Å². The smallest absolute Gasteiger partial charge is 0.201 e. The quantitative estimate of drug-likeness (QED) is 0.926. The molecule has 1 aromatic heterocycles. The molecule has 0 spiro atoms. The van der Waals surface area contributed by atoms with E-state index in [1.807, 2.05) is 34.5 Å². The molecule has 0 aliphatic carbocycles. The molecule has 92 valence electrons. The van der Waals surface area contributed by atoms with Crippen molar-refractivity contribution in [1.82, 2.24) is 9.55 Å². The fourth-order valence-electron chi connectivity index (χ4n) is 1.96. The summed E-state index contributed by atoms with van der Waals surface area (Å²) in [4.78, 5) is 4.34. The highest BCUT2D eigenvalue weighted by Crippen LogP contribution is 2.23. The Morgan fingerprint density at radius 1 is 1.53 bits per heavy atom. The maximum Gasteiger partial charge on any atom is 0.201 e. The zero-order valence-corrected chi connectivity index (χ0v) is 11.6. The number of benzene rings is 1. The van der Waals surface area contributed by atoms with Crippen LogP contribution in [-0.2, 0) is 6.54 Å². The number of aromatic nitrogens is 2. The third-order valence-electron chi connectivity index (χ3n) is 2.69. The third kappa shape index (κ3) is 2.69. The minimum absolute atomic E-state index is 0.559. The second kappa shape index (κ2) is 5.19. The van der Waals surface area contributed by atoms with Gasteiger partial charge in [-0.3, -0.25) is 0 Å². The number of halogens is 1. The molecule has 0 saturated carbocycles. The first-order chi connectivity index (χ1) is 8.11. The van der Waals surface area contributed by atoms with Gasteiger partial charge in [0.05, 0.1) is 11.0 Å². The summed E-state index contributed by atoms with van der Waals surface area (Å²) in [6, 6.07) is 5.67. The van der Waals surface area contributed by atoms with Crippen molar-refractivity contribution in [2.24, 2.45) is 5.92 Å². The van der Waals surface area contributed by atoms with E-state index in [0.29, 0.717) is 11.9 Å². The molecule has 1 unspecified atom stereocenters. The van der Waals surface area contributed by atoms with Crippen molar-refractivity contribution in [3.05, 3.63) is 23.2 Å². The third-order valence-corrected chi connectivity index (χ3v) is 3.82. The number of imidazole rings is 1. The lowest BCUT2D eigenvalue weighted by Gasteiger charge is -2.12. The first-order valence-electron chi connectivity index (χ1n) is 5.52. The molecule has 1 heterocycles. The Balaban J connectivity index is 2.38. The van der Waals surface area contributed by atoms with Crippen molar-refractivity contribution in [3.63, 3.8) is 0 Å². The lowest BCUT2D eigenvalue weighted by molar-refractivity contribution is 0.546. The zero-order chi connectivity index (χ0) is 12.4. The number of hydrogen-bond donors (Lipinski definition) is 1. The van der Waals surface area contributed by atoms with Crippen LogP contribution in [0.3, 0.4) is 0 Å². The first kappa shape index (κ1) is 12.6. The summed E-state index contributed by atoms with van der Waals surface area (Å²) in [5, 5.41) is 0.719. The number of fused-ring (bicyclic) bond motifs is 1. The van der Waals surface area contributed by atoms with Gasteiger partial charge in [-0.15, -0.1) is 0 Å². The van der Waals surface area contributed by atoms with Crippen LogP contribution in [0.1, 0.15) is 6.92 Å². The van der Waals surface area contributed by atoms with Crippen molar-refractivity contribution in [2.75, 3.05) is 17.7 Å². The maximum absolute atomic E-state index is 6.01. The summed E-state index contributed by atoms with van der Waals surface area (Å²) in [5.74, 6) is 2.23. The largest absolute Gasteiger partial charge is 0.369 e. The van der Waals surface area contributed by atoms with Crippen molar-refractivity contribution >= 4 is 40.3 Å². The number of anilines is 1. The van der Waals surface area contributed by atoms with Crippen LogP contribution in [0.25, 0.3) is 11.0 Å². The summed E-state index contributed by atoms with van der Waals surface area (Å²) in [5.41, 5.74) is 7.87. The molecule has 0 radical (unpaired) electrons. The molecule has 0 bridgehead atoms. The summed E-state index contributed by atoms with van der Waals surface area (Å²) < 4.78 is 2.04. The Hall–Kier alpha value is -0.870. The topological polar surface area (TPSA) is 43.8 Å². The Morgan fingerprint density at radius 2 is 2.29 bits per heavy atom. The van der Waals surface area contributed by atoms with E-state index >= 15 is 0 Å². The van der Waals surface area contributed by atoms with Gasteiger partial charge >= 0.3 is 0 Å². The molecule has 0 aliphatic heterocycles. The SMILES string of the molecule is CSCC(C)Cn1c(N)nc2ccc(Cl)cc21. The number of rotatable bonds is 4. The van der Waals surface area contributed by atoms with Crippen molar-refractivity contribution in [3.8, 4) is 0 Å². The zero-order valence-electron chi connectivity index (χ0n) is 9.98. The van der Waals surface area contributed by atoms with Crippen molar-refractivity contribution in [2.45, 2.75) is 13.5 Å². The van der Waals surface area contributed by atoms with E-state index in [-0.39, 0.29) is 0 Å². The highest BCUT2D eigenvalue weighted by Gasteiger charge is 2.11. The van der Waals surface area contributed by atoms with Gasteiger partial charge in [0.15, 0.2) is 0 Å². The molecule has 5 heteroatoms. The molecule has 2 aromatic rings. The minimum atomic E-state index is 0.559. The van der Waals surface area contributed by atoms with E-state index < -0.39 is 0 Å². The Morgan fingerprint density at radius 3 is 3.00 bits per heavy atom.